The highest BCUT2D eigenvalue weighted by molar-refractivity contribution is 6.23. The number of rotatable bonds is 2. The summed E-state index contributed by atoms with van der Waals surface area (Å²) in [4.78, 5) is 0. The van der Waals surface area contributed by atoms with Crippen molar-refractivity contribution in [1.29, 1.82) is 0 Å². The van der Waals surface area contributed by atoms with Gasteiger partial charge in [-0.3, -0.25) is 0 Å². The zero-order valence-corrected chi connectivity index (χ0v) is 23.2. The van der Waals surface area contributed by atoms with Crippen LogP contribution in [0.1, 0.15) is 25.0 Å². The Morgan fingerprint density at radius 2 is 0.878 bits per heavy atom. The lowest BCUT2D eigenvalue weighted by Gasteiger charge is -2.23. The maximum atomic E-state index is 2.49. The van der Waals surface area contributed by atoms with E-state index in [0.717, 1.165) is 0 Å². The van der Waals surface area contributed by atoms with Crippen LogP contribution < -0.4 is 0 Å². The van der Waals surface area contributed by atoms with Crippen LogP contribution in [0.5, 0.6) is 0 Å². The van der Waals surface area contributed by atoms with E-state index in [4.69, 9.17) is 0 Å². The first kappa shape index (κ1) is 22.8. The molecule has 0 bridgehead atoms. The van der Waals surface area contributed by atoms with Gasteiger partial charge in [0.25, 0.3) is 0 Å². The third-order valence-electron chi connectivity index (χ3n) is 9.56. The van der Waals surface area contributed by atoms with Crippen LogP contribution in [-0.4, -0.2) is 0 Å². The highest BCUT2D eigenvalue weighted by Crippen LogP contribution is 2.51. The van der Waals surface area contributed by atoms with Gasteiger partial charge in [0, 0.05) is 5.41 Å². The van der Waals surface area contributed by atoms with Crippen LogP contribution in [0.2, 0.25) is 0 Å². The minimum absolute atomic E-state index is 0.0475. The molecule has 0 heteroatoms. The van der Waals surface area contributed by atoms with E-state index in [1.54, 1.807) is 0 Å². The van der Waals surface area contributed by atoms with Gasteiger partial charge in [-0.1, -0.05) is 129 Å². The monoisotopic (exact) mass is 520 g/mol. The molecule has 0 aromatic heterocycles. The molecule has 8 aromatic carbocycles. The Bertz CT molecular complexity index is 2330. The molecule has 9 rings (SSSR count). The fraction of sp³-hybridized carbons (Fsp3) is 0.0732. The molecular formula is C41H28. The zero-order valence-electron chi connectivity index (χ0n) is 23.2. The summed E-state index contributed by atoms with van der Waals surface area (Å²) in [6.45, 7) is 4.78. The smallest absolute Gasteiger partial charge is 0.0159 e. The van der Waals surface area contributed by atoms with Crippen molar-refractivity contribution >= 4 is 53.9 Å². The van der Waals surface area contributed by atoms with E-state index in [2.05, 4.69) is 147 Å². The van der Waals surface area contributed by atoms with Crippen molar-refractivity contribution < 1.29 is 0 Å². The molecule has 0 aliphatic heterocycles. The Morgan fingerprint density at radius 3 is 1.59 bits per heavy atom. The van der Waals surface area contributed by atoms with Crippen molar-refractivity contribution in [2.75, 3.05) is 0 Å². The molecule has 1 aliphatic carbocycles. The zero-order chi connectivity index (χ0) is 27.3. The van der Waals surface area contributed by atoms with Crippen LogP contribution in [0.3, 0.4) is 0 Å². The van der Waals surface area contributed by atoms with E-state index < -0.39 is 0 Å². The molecule has 0 atom stereocenters. The first-order valence-corrected chi connectivity index (χ1v) is 14.5. The number of hydrogen-bond donors (Lipinski definition) is 0. The van der Waals surface area contributed by atoms with E-state index in [9.17, 15) is 0 Å². The van der Waals surface area contributed by atoms with Gasteiger partial charge in [0.2, 0.25) is 0 Å². The first-order chi connectivity index (χ1) is 20.1. The van der Waals surface area contributed by atoms with Gasteiger partial charge in [-0.25, -0.2) is 0 Å². The average molecular weight is 521 g/mol. The molecule has 41 heavy (non-hydrogen) atoms. The SMILES string of the molecule is CC1(C)c2cccc3ccc4cc(-c5c6ccccc6c(-c6ccc7ccccc7c6)c6ccccc56)cc1c4c23. The van der Waals surface area contributed by atoms with Gasteiger partial charge in [0.1, 0.15) is 0 Å². The Morgan fingerprint density at radius 1 is 0.366 bits per heavy atom. The Balaban J connectivity index is 1.40. The quantitative estimate of drug-likeness (QED) is 0.157. The molecule has 0 amide bonds. The lowest BCUT2D eigenvalue weighted by atomic mass is 9.79. The second-order valence-electron chi connectivity index (χ2n) is 12.1. The summed E-state index contributed by atoms with van der Waals surface area (Å²) < 4.78 is 0. The molecule has 0 nitrogen and oxygen atoms in total. The van der Waals surface area contributed by atoms with E-state index in [-0.39, 0.29) is 5.41 Å². The number of benzene rings is 8. The maximum Gasteiger partial charge on any atom is 0.0159 e. The molecule has 0 N–H and O–H groups in total. The average Bonchev–Trinajstić information content (AvgIpc) is 3.25. The predicted molar refractivity (Wildman–Crippen MR) is 177 cm³/mol. The lowest BCUT2D eigenvalue weighted by Crippen LogP contribution is -2.15. The second-order valence-corrected chi connectivity index (χ2v) is 12.1. The normalized spacial score (nSPS) is 13.8. The van der Waals surface area contributed by atoms with Crippen molar-refractivity contribution in [3.05, 3.63) is 145 Å². The molecule has 0 radical (unpaired) electrons. The van der Waals surface area contributed by atoms with Gasteiger partial charge in [-0.2, -0.15) is 0 Å². The molecule has 0 fully saturated rings. The van der Waals surface area contributed by atoms with E-state index in [1.165, 1.54) is 87.2 Å². The number of fused-ring (bicyclic) bond motifs is 3. The van der Waals surface area contributed by atoms with Crippen molar-refractivity contribution in [2.24, 2.45) is 0 Å². The van der Waals surface area contributed by atoms with Crippen molar-refractivity contribution in [3.8, 4) is 22.3 Å². The van der Waals surface area contributed by atoms with E-state index in [0.29, 0.717) is 0 Å². The highest BCUT2D eigenvalue weighted by Gasteiger charge is 2.34. The fourth-order valence-corrected chi connectivity index (χ4v) is 7.64. The summed E-state index contributed by atoms with van der Waals surface area (Å²) in [7, 11) is 0. The van der Waals surface area contributed by atoms with Gasteiger partial charge >= 0.3 is 0 Å². The predicted octanol–water partition coefficient (Wildman–Crippen LogP) is 11.4. The maximum absolute atomic E-state index is 2.49. The van der Waals surface area contributed by atoms with Gasteiger partial charge in [-0.05, 0) is 105 Å². The third kappa shape index (κ3) is 3.05. The third-order valence-corrected chi connectivity index (χ3v) is 9.56. The standard InChI is InChI=1S/C41H28/c1-41(2)35-17-9-12-26-19-21-29-23-30(24-36(41)40(29)39(26)35)38-33-15-7-5-13-31(33)37(32-14-6-8-16-34(32)38)28-20-18-25-10-3-4-11-27(25)22-28/h3-24H,1-2H3. The van der Waals surface area contributed by atoms with Crippen molar-refractivity contribution in [1.82, 2.24) is 0 Å². The minimum atomic E-state index is -0.0475. The largest absolute Gasteiger partial charge is 0.0616 e. The molecular weight excluding hydrogens is 492 g/mol. The van der Waals surface area contributed by atoms with E-state index in [1.807, 2.05) is 0 Å². The van der Waals surface area contributed by atoms with E-state index >= 15 is 0 Å². The molecule has 0 saturated heterocycles. The van der Waals surface area contributed by atoms with Crippen molar-refractivity contribution in [2.45, 2.75) is 19.3 Å². The van der Waals surface area contributed by atoms with Gasteiger partial charge in [-0.15, -0.1) is 0 Å². The molecule has 0 spiro atoms. The summed E-state index contributed by atoms with van der Waals surface area (Å²) in [5.74, 6) is 0. The van der Waals surface area contributed by atoms with Gasteiger partial charge in [0.05, 0.1) is 0 Å². The van der Waals surface area contributed by atoms with Crippen LogP contribution in [0.15, 0.2) is 133 Å². The van der Waals surface area contributed by atoms with Crippen LogP contribution in [0.4, 0.5) is 0 Å². The summed E-state index contributed by atoms with van der Waals surface area (Å²) in [6, 6.07) is 49.9. The highest BCUT2D eigenvalue weighted by atomic mass is 14.4. The summed E-state index contributed by atoms with van der Waals surface area (Å²) in [6.07, 6.45) is 0. The summed E-state index contributed by atoms with van der Waals surface area (Å²) >= 11 is 0. The molecule has 192 valence electrons. The molecule has 0 unspecified atom stereocenters. The topological polar surface area (TPSA) is 0 Å². The molecule has 0 heterocycles. The molecule has 0 saturated carbocycles. The Kier molecular flexibility index (Phi) is 4.49. The van der Waals surface area contributed by atoms with Gasteiger partial charge in [0.15, 0.2) is 0 Å². The number of hydrogen-bond acceptors (Lipinski definition) is 0. The second kappa shape index (κ2) is 8.05. The lowest BCUT2D eigenvalue weighted by molar-refractivity contribution is 0.663. The Labute approximate surface area is 239 Å². The van der Waals surface area contributed by atoms with Crippen LogP contribution in [0, 0.1) is 0 Å². The fourth-order valence-electron chi connectivity index (χ4n) is 7.64. The van der Waals surface area contributed by atoms with Crippen LogP contribution in [-0.2, 0) is 5.41 Å². The van der Waals surface area contributed by atoms with Crippen LogP contribution >= 0.6 is 0 Å². The molecule has 1 aliphatic rings. The van der Waals surface area contributed by atoms with Gasteiger partial charge < -0.3 is 0 Å². The molecule has 8 aromatic rings. The summed E-state index contributed by atoms with van der Waals surface area (Å²) in [5.41, 5.74) is 8.02. The minimum Gasteiger partial charge on any atom is -0.0616 e. The summed E-state index contributed by atoms with van der Waals surface area (Å²) in [5, 5.41) is 13.3. The first-order valence-electron chi connectivity index (χ1n) is 14.5. The van der Waals surface area contributed by atoms with Crippen molar-refractivity contribution in [3.63, 3.8) is 0 Å². The van der Waals surface area contributed by atoms with Crippen LogP contribution in [0.25, 0.3) is 76.1 Å². The Hall–Kier alpha value is -4.94.